The zero-order valence-corrected chi connectivity index (χ0v) is 22.2. The minimum atomic E-state index is -0.935. The van der Waals surface area contributed by atoms with Crippen molar-refractivity contribution in [2.45, 2.75) is 57.2 Å². The number of carbonyl (C=O) groups is 2. The first kappa shape index (κ1) is 26.5. The van der Waals surface area contributed by atoms with Crippen LogP contribution in [0, 0.1) is 5.82 Å². The van der Waals surface area contributed by atoms with Crippen LogP contribution in [0.5, 0.6) is 5.75 Å². The first-order valence-electron chi connectivity index (χ1n) is 13.6. The highest BCUT2D eigenvalue weighted by Crippen LogP contribution is 2.30. The topological polar surface area (TPSA) is 74.4 Å². The van der Waals surface area contributed by atoms with Gasteiger partial charge in [-0.25, -0.2) is 4.39 Å². The van der Waals surface area contributed by atoms with Crippen LogP contribution >= 0.6 is 0 Å². The maximum absolute atomic E-state index is 14.2. The minimum Gasteiger partial charge on any atom is -0.496 e. The van der Waals surface area contributed by atoms with Gasteiger partial charge in [-0.15, -0.1) is 0 Å². The Labute approximate surface area is 228 Å². The minimum absolute atomic E-state index is 0.0611. The predicted octanol–water partition coefficient (Wildman–Crippen LogP) is 6.08. The Morgan fingerprint density at radius 1 is 0.974 bits per heavy atom. The first-order chi connectivity index (χ1) is 19.0. The van der Waals surface area contributed by atoms with Crippen LogP contribution in [-0.2, 0) is 22.6 Å². The van der Waals surface area contributed by atoms with Crippen LogP contribution in [0.15, 0.2) is 79.0 Å². The van der Waals surface area contributed by atoms with Crippen molar-refractivity contribution < 1.29 is 18.7 Å². The molecule has 5 rings (SSSR count). The Bertz CT molecular complexity index is 1430. The molecule has 1 aliphatic carbocycles. The molecule has 2 amide bonds. The van der Waals surface area contributed by atoms with E-state index in [4.69, 9.17) is 4.74 Å². The monoisotopic (exact) mass is 527 g/mol. The number of ether oxygens (including phenoxy) is 1. The fraction of sp³-hybridized carbons (Fsp3) is 0.312. The number of para-hydroxylation sites is 2. The molecular weight excluding hydrogens is 493 g/mol. The molecule has 3 aromatic carbocycles. The van der Waals surface area contributed by atoms with Crippen LogP contribution in [0.25, 0.3) is 10.9 Å². The van der Waals surface area contributed by atoms with Crippen LogP contribution in [0.3, 0.4) is 0 Å². The molecule has 0 spiro atoms. The van der Waals surface area contributed by atoms with Crippen molar-refractivity contribution in [1.29, 1.82) is 0 Å². The number of H-pyrrole nitrogens is 1. The molecule has 1 heterocycles. The fourth-order valence-corrected chi connectivity index (χ4v) is 5.53. The van der Waals surface area contributed by atoms with E-state index in [2.05, 4.69) is 10.3 Å². The van der Waals surface area contributed by atoms with Crippen LogP contribution in [-0.4, -0.2) is 34.8 Å². The lowest BCUT2D eigenvalue weighted by Crippen LogP contribution is -2.47. The number of hydrogen-bond donors (Lipinski definition) is 2. The molecule has 7 heteroatoms. The molecule has 0 unspecified atom stereocenters. The lowest BCUT2D eigenvalue weighted by molar-refractivity contribution is -0.141. The molecule has 1 aliphatic rings. The number of carbonyl (C=O) groups excluding carboxylic acids is 2. The van der Waals surface area contributed by atoms with Crippen LogP contribution in [0.1, 0.15) is 54.8 Å². The SMILES string of the molecule is COc1ccccc1CN(C(=O)Cc1c[nH]c2ccccc12)[C@H](C(=O)NC1CCCCC1)c1ccc(F)cc1. The van der Waals surface area contributed by atoms with Crippen molar-refractivity contribution in [2.75, 3.05) is 7.11 Å². The lowest BCUT2D eigenvalue weighted by Gasteiger charge is -2.34. The van der Waals surface area contributed by atoms with Gasteiger partial charge in [0.05, 0.1) is 20.1 Å². The van der Waals surface area contributed by atoms with Crippen LogP contribution in [0.2, 0.25) is 0 Å². The standard InChI is InChI=1S/C32H34FN3O3/c1-39-29-14-8-5-9-23(29)21-36(30(37)19-24-20-34-28-13-7-6-12-27(24)28)31(22-15-17-25(33)18-16-22)32(38)35-26-10-3-2-4-11-26/h5-9,12-18,20,26,31,34H,2-4,10-11,19,21H2,1H3,(H,35,38)/t31-/m0/s1. The summed E-state index contributed by atoms with van der Waals surface area (Å²) in [6, 6.07) is 20.3. The number of aromatic nitrogens is 1. The van der Waals surface area contributed by atoms with Gasteiger partial charge in [0, 0.05) is 28.7 Å². The van der Waals surface area contributed by atoms with Gasteiger partial charge in [0.2, 0.25) is 11.8 Å². The molecule has 39 heavy (non-hydrogen) atoms. The molecule has 1 atom stereocenters. The van der Waals surface area contributed by atoms with Crippen LogP contribution < -0.4 is 10.1 Å². The number of benzene rings is 3. The summed E-state index contributed by atoms with van der Waals surface area (Å²) in [4.78, 5) is 33.0. The Kier molecular flexibility index (Phi) is 8.25. The molecule has 0 saturated heterocycles. The van der Waals surface area contributed by atoms with Crippen molar-refractivity contribution in [3.63, 3.8) is 0 Å². The molecular formula is C32H34FN3O3. The second-order valence-corrected chi connectivity index (χ2v) is 10.2. The molecule has 2 N–H and O–H groups in total. The summed E-state index contributed by atoms with van der Waals surface area (Å²) in [5, 5.41) is 4.17. The van der Waals surface area contributed by atoms with Gasteiger partial charge >= 0.3 is 0 Å². The average molecular weight is 528 g/mol. The number of aromatic amines is 1. The third-order valence-corrected chi connectivity index (χ3v) is 7.57. The molecule has 202 valence electrons. The van der Waals surface area contributed by atoms with E-state index in [-0.39, 0.29) is 30.8 Å². The summed E-state index contributed by atoms with van der Waals surface area (Å²) in [7, 11) is 1.59. The zero-order chi connectivity index (χ0) is 27.2. The molecule has 1 saturated carbocycles. The summed E-state index contributed by atoms with van der Waals surface area (Å²) in [6.45, 7) is 0.158. The second-order valence-electron chi connectivity index (χ2n) is 10.2. The smallest absolute Gasteiger partial charge is 0.247 e. The van der Waals surface area contributed by atoms with Gasteiger partial charge in [-0.1, -0.05) is 67.8 Å². The van der Waals surface area contributed by atoms with Crippen molar-refractivity contribution in [3.8, 4) is 5.75 Å². The first-order valence-corrected chi connectivity index (χ1v) is 13.6. The number of nitrogens with zero attached hydrogens (tertiary/aromatic N) is 1. The highest BCUT2D eigenvalue weighted by molar-refractivity contribution is 5.92. The van der Waals surface area contributed by atoms with E-state index in [0.29, 0.717) is 11.3 Å². The van der Waals surface area contributed by atoms with Gasteiger partial charge in [-0.3, -0.25) is 9.59 Å². The van der Waals surface area contributed by atoms with E-state index in [1.807, 2.05) is 54.7 Å². The number of nitrogens with one attached hydrogen (secondary N) is 2. The summed E-state index contributed by atoms with van der Waals surface area (Å²) in [5.41, 5.74) is 3.14. The van der Waals surface area contributed by atoms with Crippen molar-refractivity contribution in [1.82, 2.24) is 15.2 Å². The number of halogens is 1. The van der Waals surface area contributed by atoms with Gasteiger partial charge in [0.25, 0.3) is 0 Å². The van der Waals surface area contributed by atoms with E-state index in [9.17, 15) is 14.0 Å². The fourth-order valence-electron chi connectivity index (χ4n) is 5.53. The maximum Gasteiger partial charge on any atom is 0.247 e. The number of fused-ring (bicyclic) bond motifs is 1. The van der Waals surface area contributed by atoms with Crippen molar-refractivity contribution in [3.05, 3.63) is 102 Å². The van der Waals surface area contributed by atoms with E-state index < -0.39 is 11.9 Å². The summed E-state index contributed by atoms with van der Waals surface area (Å²) < 4.78 is 19.5. The molecule has 1 fully saturated rings. The Morgan fingerprint density at radius 2 is 1.69 bits per heavy atom. The van der Waals surface area contributed by atoms with E-state index in [1.54, 1.807) is 24.1 Å². The van der Waals surface area contributed by atoms with Crippen molar-refractivity contribution >= 4 is 22.7 Å². The highest BCUT2D eigenvalue weighted by Gasteiger charge is 2.34. The van der Waals surface area contributed by atoms with Gasteiger partial charge in [-0.2, -0.15) is 0 Å². The third-order valence-electron chi connectivity index (χ3n) is 7.57. The Balaban J connectivity index is 1.54. The van der Waals surface area contributed by atoms with Crippen LogP contribution in [0.4, 0.5) is 4.39 Å². The predicted molar refractivity (Wildman–Crippen MR) is 150 cm³/mol. The van der Waals surface area contributed by atoms with Crippen molar-refractivity contribution in [2.24, 2.45) is 0 Å². The van der Waals surface area contributed by atoms with E-state index in [0.717, 1.165) is 54.1 Å². The maximum atomic E-state index is 14.2. The van der Waals surface area contributed by atoms with Gasteiger partial charge in [-0.05, 0) is 48.2 Å². The molecule has 0 aliphatic heterocycles. The Hall–Kier alpha value is -4.13. The average Bonchev–Trinajstić information content (AvgIpc) is 3.37. The largest absolute Gasteiger partial charge is 0.496 e. The molecule has 4 aromatic rings. The molecule has 0 radical (unpaired) electrons. The summed E-state index contributed by atoms with van der Waals surface area (Å²) in [5.74, 6) is -0.228. The van der Waals surface area contributed by atoms with Gasteiger partial charge in [0.15, 0.2) is 0 Å². The van der Waals surface area contributed by atoms with Gasteiger partial charge in [0.1, 0.15) is 17.6 Å². The lowest BCUT2D eigenvalue weighted by atomic mass is 9.94. The normalized spacial score (nSPS) is 14.6. The van der Waals surface area contributed by atoms with E-state index in [1.165, 1.54) is 12.1 Å². The third kappa shape index (κ3) is 6.14. The molecule has 6 nitrogen and oxygen atoms in total. The molecule has 1 aromatic heterocycles. The van der Waals surface area contributed by atoms with Gasteiger partial charge < -0.3 is 19.9 Å². The molecule has 0 bridgehead atoms. The number of rotatable bonds is 9. The zero-order valence-electron chi connectivity index (χ0n) is 22.2. The number of hydrogen-bond acceptors (Lipinski definition) is 3. The number of methoxy groups -OCH3 is 1. The second kappa shape index (κ2) is 12.2. The highest BCUT2D eigenvalue weighted by atomic mass is 19.1. The quantitative estimate of drug-likeness (QED) is 0.277. The van der Waals surface area contributed by atoms with E-state index >= 15 is 0 Å². The Morgan fingerprint density at radius 3 is 2.46 bits per heavy atom. The summed E-state index contributed by atoms with van der Waals surface area (Å²) in [6.07, 6.45) is 7.08. The number of amides is 2. The summed E-state index contributed by atoms with van der Waals surface area (Å²) >= 11 is 0.